The zero-order chi connectivity index (χ0) is 22.8. The number of pyridine rings is 1. The number of nitrogens with one attached hydrogen (secondary N) is 1. The van der Waals surface area contributed by atoms with Crippen LogP contribution in [0, 0.1) is 11.3 Å². The first kappa shape index (κ1) is 22.8. The number of hydrogen-bond donors (Lipinski definition) is 2. The molecule has 1 amide bonds. The molecule has 174 valence electrons. The van der Waals surface area contributed by atoms with Crippen molar-refractivity contribution in [3.05, 3.63) is 42.1 Å². The molecule has 0 bridgehead atoms. The number of fused-ring (bicyclic) bond motifs is 1. The third-order valence-corrected chi connectivity index (χ3v) is 6.82. The molecular weight excluding hydrogens is 406 g/mol. The molecule has 2 aliphatic heterocycles. The lowest BCUT2D eigenvalue weighted by molar-refractivity contribution is -0.136. The second kappa shape index (κ2) is 9.24. The number of hydrogen-bond acceptors (Lipinski definition) is 6. The summed E-state index contributed by atoms with van der Waals surface area (Å²) in [6, 6.07) is 3.74. The number of carbonyl (C=O) groups is 1. The van der Waals surface area contributed by atoms with Crippen molar-refractivity contribution in [1.29, 1.82) is 0 Å². The van der Waals surface area contributed by atoms with Gasteiger partial charge < -0.3 is 19.9 Å². The highest BCUT2D eigenvalue weighted by molar-refractivity contribution is 5.83. The van der Waals surface area contributed by atoms with E-state index >= 15 is 0 Å². The molecule has 1 aliphatic carbocycles. The fourth-order valence-electron chi connectivity index (χ4n) is 4.43. The van der Waals surface area contributed by atoms with Crippen LogP contribution in [0.15, 0.2) is 42.1 Å². The van der Waals surface area contributed by atoms with Crippen LogP contribution in [-0.4, -0.2) is 65.4 Å². The Balaban J connectivity index is 1.23. The largest absolute Gasteiger partial charge is 0.484 e. The standard InChI is InChI=1S/C25H35N3O4/c1-24(2,30)23(29)27-15-18-8-13-28(14-9-18)16-19-6-10-25(3,11-7-19)21-17-31-20-5-4-12-26-22(20)32-21/h4-7,10,12,18,21,30H,8-9,11,13-17H2,1-3H3,(H,27,29)/t21-,25?/m1/s1. The van der Waals surface area contributed by atoms with Crippen molar-refractivity contribution in [3.8, 4) is 11.6 Å². The molecule has 1 fully saturated rings. The van der Waals surface area contributed by atoms with Crippen LogP contribution in [0.3, 0.4) is 0 Å². The number of piperidine rings is 1. The molecule has 3 heterocycles. The van der Waals surface area contributed by atoms with Gasteiger partial charge in [-0.3, -0.25) is 9.69 Å². The highest BCUT2D eigenvalue weighted by Gasteiger charge is 2.38. The first-order valence-electron chi connectivity index (χ1n) is 11.6. The Hall–Kier alpha value is -2.38. The predicted molar refractivity (Wildman–Crippen MR) is 123 cm³/mol. The minimum atomic E-state index is -1.32. The van der Waals surface area contributed by atoms with Crippen molar-refractivity contribution < 1.29 is 19.4 Å². The van der Waals surface area contributed by atoms with E-state index in [0.717, 1.165) is 38.9 Å². The van der Waals surface area contributed by atoms with E-state index in [1.165, 1.54) is 19.4 Å². The van der Waals surface area contributed by atoms with Gasteiger partial charge in [-0.05, 0) is 69.8 Å². The van der Waals surface area contributed by atoms with Gasteiger partial charge in [-0.25, -0.2) is 4.98 Å². The number of aromatic nitrogens is 1. The second-order valence-electron chi connectivity index (χ2n) is 10.0. The summed E-state index contributed by atoms with van der Waals surface area (Å²) < 4.78 is 12.0. The average Bonchev–Trinajstić information content (AvgIpc) is 2.79. The molecule has 1 saturated heterocycles. The summed E-state index contributed by atoms with van der Waals surface area (Å²) in [6.45, 7) is 9.41. The minimum absolute atomic E-state index is 0.0613. The molecule has 2 atom stereocenters. The molecule has 1 unspecified atom stereocenters. The van der Waals surface area contributed by atoms with Crippen molar-refractivity contribution in [2.45, 2.75) is 51.7 Å². The van der Waals surface area contributed by atoms with Gasteiger partial charge in [0.25, 0.3) is 11.8 Å². The van der Waals surface area contributed by atoms with Crippen molar-refractivity contribution >= 4 is 5.91 Å². The average molecular weight is 442 g/mol. The first-order chi connectivity index (χ1) is 15.2. The zero-order valence-corrected chi connectivity index (χ0v) is 19.3. The van der Waals surface area contributed by atoms with Crippen LogP contribution in [0.1, 0.15) is 40.0 Å². The summed E-state index contributed by atoms with van der Waals surface area (Å²) in [7, 11) is 0. The third-order valence-electron chi connectivity index (χ3n) is 6.82. The van der Waals surface area contributed by atoms with E-state index < -0.39 is 5.60 Å². The number of aliphatic hydroxyl groups is 1. The van der Waals surface area contributed by atoms with Crippen LogP contribution >= 0.6 is 0 Å². The van der Waals surface area contributed by atoms with E-state index in [1.807, 2.05) is 12.1 Å². The minimum Gasteiger partial charge on any atom is -0.484 e. The molecule has 3 aliphatic rings. The predicted octanol–water partition coefficient (Wildman–Crippen LogP) is 2.71. The topological polar surface area (TPSA) is 83.9 Å². The number of carbonyl (C=O) groups excluding carboxylic acids is 1. The Bertz CT molecular complexity index is 883. The highest BCUT2D eigenvalue weighted by atomic mass is 16.6. The van der Waals surface area contributed by atoms with Crippen LogP contribution in [0.4, 0.5) is 0 Å². The number of rotatable bonds is 6. The summed E-state index contributed by atoms with van der Waals surface area (Å²) in [4.78, 5) is 18.6. The molecule has 4 rings (SSSR count). The molecule has 0 radical (unpaired) electrons. The summed E-state index contributed by atoms with van der Waals surface area (Å²) in [5, 5.41) is 12.6. The smallest absolute Gasteiger partial charge is 0.257 e. The normalized spacial score (nSPS) is 26.5. The van der Waals surface area contributed by atoms with Gasteiger partial charge in [0.1, 0.15) is 18.3 Å². The molecule has 0 spiro atoms. The number of ether oxygens (including phenoxy) is 2. The summed E-state index contributed by atoms with van der Waals surface area (Å²) >= 11 is 0. The lowest BCUT2D eigenvalue weighted by Crippen LogP contribution is -2.45. The number of allylic oxidation sites excluding steroid dienone is 1. The summed E-state index contributed by atoms with van der Waals surface area (Å²) in [5.74, 6) is 1.46. The lowest BCUT2D eigenvalue weighted by atomic mass is 9.77. The van der Waals surface area contributed by atoms with E-state index in [1.54, 1.807) is 6.20 Å². The van der Waals surface area contributed by atoms with Crippen LogP contribution < -0.4 is 14.8 Å². The fourth-order valence-corrected chi connectivity index (χ4v) is 4.43. The molecular formula is C25H35N3O4. The van der Waals surface area contributed by atoms with E-state index in [9.17, 15) is 9.90 Å². The van der Waals surface area contributed by atoms with Gasteiger partial charge in [0.2, 0.25) is 0 Å². The molecule has 1 aromatic heterocycles. The van der Waals surface area contributed by atoms with Gasteiger partial charge >= 0.3 is 0 Å². The molecule has 0 saturated carbocycles. The van der Waals surface area contributed by atoms with Crippen LogP contribution in [0.25, 0.3) is 0 Å². The monoisotopic (exact) mass is 441 g/mol. The van der Waals surface area contributed by atoms with E-state index in [4.69, 9.17) is 9.47 Å². The maximum atomic E-state index is 11.9. The maximum Gasteiger partial charge on any atom is 0.257 e. The molecule has 0 aromatic carbocycles. The van der Waals surface area contributed by atoms with E-state index in [0.29, 0.717) is 30.7 Å². The number of nitrogens with zero attached hydrogens (tertiary/aromatic N) is 2. The molecule has 7 heteroatoms. The van der Waals surface area contributed by atoms with Gasteiger partial charge in [-0.1, -0.05) is 25.2 Å². The van der Waals surface area contributed by atoms with Gasteiger partial charge in [0, 0.05) is 24.7 Å². The Labute approximate surface area is 190 Å². The molecule has 1 aromatic rings. The van der Waals surface area contributed by atoms with Gasteiger partial charge in [-0.2, -0.15) is 0 Å². The van der Waals surface area contributed by atoms with Crippen molar-refractivity contribution in [1.82, 2.24) is 15.2 Å². The Kier molecular flexibility index (Phi) is 6.58. The molecule has 2 N–H and O–H groups in total. The highest BCUT2D eigenvalue weighted by Crippen LogP contribution is 2.39. The Morgan fingerprint density at radius 1 is 1.38 bits per heavy atom. The quantitative estimate of drug-likeness (QED) is 0.706. The summed E-state index contributed by atoms with van der Waals surface area (Å²) in [6.07, 6.45) is 11.5. The van der Waals surface area contributed by atoms with Crippen molar-refractivity contribution in [3.63, 3.8) is 0 Å². The van der Waals surface area contributed by atoms with Crippen molar-refractivity contribution in [2.24, 2.45) is 11.3 Å². The second-order valence-corrected chi connectivity index (χ2v) is 10.0. The van der Waals surface area contributed by atoms with Gasteiger partial charge in [-0.15, -0.1) is 0 Å². The fraction of sp³-hybridized carbons (Fsp3) is 0.600. The Morgan fingerprint density at radius 3 is 2.84 bits per heavy atom. The van der Waals surface area contributed by atoms with Crippen LogP contribution in [-0.2, 0) is 4.79 Å². The number of amides is 1. The first-order valence-corrected chi connectivity index (χ1v) is 11.6. The Morgan fingerprint density at radius 2 is 2.16 bits per heavy atom. The number of likely N-dealkylation sites (tertiary alicyclic amines) is 1. The SMILES string of the molecule is CC(C)(O)C(=O)NCC1CCN(CC2=CCC(C)([C@H]3COc4cccnc4O3)C=C2)CC1. The molecule has 32 heavy (non-hydrogen) atoms. The van der Waals surface area contributed by atoms with Crippen molar-refractivity contribution in [2.75, 3.05) is 32.8 Å². The lowest BCUT2D eigenvalue weighted by Gasteiger charge is -2.39. The molecule has 7 nitrogen and oxygen atoms in total. The van der Waals surface area contributed by atoms with E-state index in [2.05, 4.69) is 40.4 Å². The van der Waals surface area contributed by atoms with Crippen LogP contribution in [0.2, 0.25) is 0 Å². The third kappa shape index (κ3) is 5.33. The van der Waals surface area contributed by atoms with Gasteiger partial charge in [0.05, 0.1) is 0 Å². The van der Waals surface area contributed by atoms with Gasteiger partial charge in [0.15, 0.2) is 5.75 Å². The van der Waals surface area contributed by atoms with Crippen LogP contribution in [0.5, 0.6) is 11.6 Å². The summed E-state index contributed by atoms with van der Waals surface area (Å²) in [5.41, 5.74) is -0.0971. The zero-order valence-electron chi connectivity index (χ0n) is 19.3. The maximum absolute atomic E-state index is 11.9. The van der Waals surface area contributed by atoms with E-state index in [-0.39, 0.29) is 17.4 Å².